The Hall–Kier alpha value is -4.14. The van der Waals surface area contributed by atoms with Gasteiger partial charge in [-0.25, -0.2) is 9.97 Å². The minimum atomic E-state index is -0.336. The number of phenolic OH excluding ortho intramolecular Hbond substituents is 2. The lowest BCUT2D eigenvalue weighted by Gasteiger charge is -2.04. The molecule has 0 spiro atoms. The van der Waals surface area contributed by atoms with E-state index in [1.54, 1.807) is 6.07 Å². The van der Waals surface area contributed by atoms with Crippen molar-refractivity contribution in [3.63, 3.8) is 0 Å². The molecule has 9 heteroatoms. The van der Waals surface area contributed by atoms with E-state index in [-0.39, 0.29) is 28.8 Å². The number of nitrogens with two attached hydrogens (primary N) is 1. The summed E-state index contributed by atoms with van der Waals surface area (Å²) in [5, 5.41) is 26.4. The molecule has 0 aliphatic carbocycles. The molecule has 2 aromatic heterocycles. The molecule has 0 saturated carbocycles. The second-order valence-electron chi connectivity index (χ2n) is 7.06. The Morgan fingerprint density at radius 2 is 1.90 bits per heavy atom. The number of fused-ring (bicyclic) bond motifs is 2. The molecule has 31 heavy (non-hydrogen) atoms. The van der Waals surface area contributed by atoms with Gasteiger partial charge in [0.1, 0.15) is 16.9 Å². The zero-order valence-electron chi connectivity index (χ0n) is 16.9. The largest absolute Gasteiger partial charge is 0.504 e. The summed E-state index contributed by atoms with van der Waals surface area (Å²) in [5.41, 5.74) is 9.05. The van der Waals surface area contributed by atoms with Gasteiger partial charge in [-0.15, -0.1) is 0 Å². The number of amides is 1. The van der Waals surface area contributed by atoms with Crippen molar-refractivity contribution >= 4 is 40.1 Å². The van der Waals surface area contributed by atoms with Crippen molar-refractivity contribution in [2.75, 3.05) is 12.3 Å². The molecule has 0 atom stereocenters. The van der Waals surface area contributed by atoms with Crippen LogP contribution in [-0.2, 0) is 0 Å². The Morgan fingerprint density at radius 1 is 1.16 bits per heavy atom. The molecular formula is C22H22N6O3. The minimum Gasteiger partial charge on any atom is -0.504 e. The van der Waals surface area contributed by atoms with Crippen molar-refractivity contribution in [3.05, 3.63) is 53.6 Å². The summed E-state index contributed by atoms with van der Waals surface area (Å²) in [6, 6.07) is 11.6. The number of phenols is 2. The first-order valence-corrected chi connectivity index (χ1v) is 9.90. The molecule has 0 bridgehead atoms. The summed E-state index contributed by atoms with van der Waals surface area (Å²) < 4.78 is 1.35. The lowest BCUT2D eigenvalue weighted by Crippen LogP contribution is -2.25. The van der Waals surface area contributed by atoms with Crippen molar-refractivity contribution in [1.29, 1.82) is 0 Å². The molecular weight excluding hydrogens is 396 g/mol. The maximum Gasteiger partial charge on any atom is 0.257 e. The van der Waals surface area contributed by atoms with Crippen molar-refractivity contribution < 1.29 is 15.0 Å². The number of anilines is 1. The number of nitrogen functional groups attached to an aromatic ring is 1. The number of hydrogen-bond acceptors (Lipinski definition) is 7. The van der Waals surface area contributed by atoms with Gasteiger partial charge < -0.3 is 21.3 Å². The van der Waals surface area contributed by atoms with Crippen molar-refractivity contribution in [2.45, 2.75) is 19.8 Å². The van der Waals surface area contributed by atoms with E-state index in [1.165, 1.54) is 23.0 Å². The van der Waals surface area contributed by atoms with Crippen LogP contribution in [0.3, 0.4) is 0 Å². The van der Waals surface area contributed by atoms with E-state index in [0.717, 1.165) is 12.8 Å². The minimum absolute atomic E-state index is 0.110. The molecule has 4 rings (SSSR count). The SMILES string of the molecule is CCCCNC(=O)c1c(N)n(N=Cc2ccc(O)c(O)c2)c2nc3ccccc3nc12. The summed E-state index contributed by atoms with van der Waals surface area (Å²) in [6.45, 7) is 2.57. The topological polar surface area (TPSA) is 139 Å². The van der Waals surface area contributed by atoms with Crippen LogP contribution in [0.5, 0.6) is 11.5 Å². The van der Waals surface area contributed by atoms with Gasteiger partial charge in [0, 0.05) is 6.54 Å². The maximum atomic E-state index is 12.9. The monoisotopic (exact) mass is 418 g/mol. The van der Waals surface area contributed by atoms with Crippen LogP contribution in [0.2, 0.25) is 0 Å². The van der Waals surface area contributed by atoms with E-state index in [0.29, 0.717) is 34.3 Å². The molecule has 9 nitrogen and oxygen atoms in total. The van der Waals surface area contributed by atoms with Crippen LogP contribution < -0.4 is 11.1 Å². The maximum absolute atomic E-state index is 12.9. The highest BCUT2D eigenvalue weighted by atomic mass is 16.3. The first kappa shape index (κ1) is 20.1. The zero-order chi connectivity index (χ0) is 22.0. The molecule has 0 radical (unpaired) electrons. The number of para-hydroxylation sites is 2. The smallest absolute Gasteiger partial charge is 0.257 e. The number of nitrogens with one attached hydrogen (secondary N) is 1. The lowest BCUT2D eigenvalue weighted by molar-refractivity contribution is 0.0955. The fourth-order valence-corrected chi connectivity index (χ4v) is 3.20. The standard InChI is InChI=1S/C22H22N6O3/c1-2-3-10-24-22(31)18-19-21(27-15-7-5-4-6-14(15)26-19)28(20(18)23)25-12-13-8-9-16(29)17(30)11-13/h4-9,11-12,29-30H,2-3,10,23H2,1H3,(H,24,31). The van der Waals surface area contributed by atoms with E-state index >= 15 is 0 Å². The molecule has 0 saturated heterocycles. The normalized spacial score (nSPS) is 11.5. The Balaban J connectivity index is 1.86. The van der Waals surface area contributed by atoms with Gasteiger partial charge in [-0.05, 0) is 42.3 Å². The molecule has 2 heterocycles. The molecule has 0 unspecified atom stereocenters. The van der Waals surface area contributed by atoms with Crippen molar-refractivity contribution in [3.8, 4) is 11.5 Å². The number of carbonyl (C=O) groups excluding carboxylic acids is 1. The summed E-state index contributed by atoms with van der Waals surface area (Å²) >= 11 is 0. The molecule has 4 aromatic rings. The van der Waals surface area contributed by atoms with Gasteiger partial charge in [-0.2, -0.15) is 9.78 Å². The summed E-state index contributed by atoms with van der Waals surface area (Å²) in [4.78, 5) is 22.1. The van der Waals surface area contributed by atoms with Gasteiger partial charge in [-0.1, -0.05) is 25.5 Å². The number of benzene rings is 2. The average molecular weight is 418 g/mol. The van der Waals surface area contributed by atoms with Gasteiger partial charge >= 0.3 is 0 Å². The third kappa shape index (κ3) is 3.85. The van der Waals surface area contributed by atoms with Crippen molar-refractivity contribution in [1.82, 2.24) is 20.0 Å². The van der Waals surface area contributed by atoms with Crippen LogP contribution in [-0.4, -0.2) is 43.5 Å². The predicted octanol–water partition coefficient (Wildman–Crippen LogP) is 2.99. The Kier molecular flexibility index (Phi) is 5.40. The van der Waals surface area contributed by atoms with E-state index in [1.807, 2.05) is 31.2 Å². The van der Waals surface area contributed by atoms with Crippen LogP contribution in [0.4, 0.5) is 5.82 Å². The molecule has 158 valence electrons. The molecule has 0 fully saturated rings. The van der Waals surface area contributed by atoms with Gasteiger partial charge in [0.05, 0.1) is 17.2 Å². The second-order valence-corrected chi connectivity index (χ2v) is 7.06. The lowest BCUT2D eigenvalue weighted by atomic mass is 10.2. The number of aromatic hydroxyl groups is 2. The van der Waals surface area contributed by atoms with Gasteiger partial charge in [0.15, 0.2) is 17.1 Å². The highest BCUT2D eigenvalue weighted by Crippen LogP contribution is 2.28. The number of carbonyl (C=O) groups is 1. The highest BCUT2D eigenvalue weighted by molar-refractivity contribution is 6.10. The van der Waals surface area contributed by atoms with Gasteiger partial charge in [0.2, 0.25) is 0 Å². The van der Waals surface area contributed by atoms with E-state index in [4.69, 9.17) is 5.73 Å². The summed E-state index contributed by atoms with van der Waals surface area (Å²) in [7, 11) is 0. The number of hydrogen-bond donors (Lipinski definition) is 4. The number of rotatable bonds is 6. The van der Waals surface area contributed by atoms with Crippen LogP contribution in [0, 0.1) is 0 Å². The third-order valence-corrected chi connectivity index (χ3v) is 4.84. The third-order valence-electron chi connectivity index (χ3n) is 4.84. The summed E-state index contributed by atoms with van der Waals surface area (Å²) in [5.74, 6) is -0.724. The Labute approximate surface area is 177 Å². The van der Waals surface area contributed by atoms with E-state index in [9.17, 15) is 15.0 Å². The van der Waals surface area contributed by atoms with Gasteiger partial charge in [-0.3, -0.25) is 4.79 Å². The average Bonchev–Trinajstić information content (AvgIpc) is 3.03. The Bertz CT molecular complexity index is 1310. The van der Waals surface area contributed by atoms with Gasteiger partial charge in [0.25, 0.3) is 5.91 Å². The molecule has 2 aromatic carbocycles. The number of aromatic nitrogens is 3. The second kappa shape index (κ2) is 8.31. The molecule has 0 aliphatic rings. The quantitative estimate of drug-likeness (QED) is 0.216. The zero-order valence-corrected chi connectivity index (χ0v) is 16.9. The van der Waals surface area contributed by atoms with Crippen LogP contribution in [0.25, 0.3) is 22.2 Å². The van der Waals surface area contributed by atoms with E-state index in [2.05, 4.69) is 20.4 Å². The highest BCUT2D eigenvalue weighted by Gasteiger charge is 2.23. The first-order chi connectivity index (χ1) is 15.0. The first-order valence-electron chi connectivity index (χ1n) is 9.90. The number of unbranched alkanes of at least 4 members (excludes halogenated alkanes) is 1. The molecule has 5 N–H and O–H groups in total. The van der Waals surface area contributed by atoms with E-state index < -0.39 is 0 Å². The fraction of sp³-hybridized carbons (Fsp3) is 0.182. The fourth-order valence-electron chi connectivity index (χ4n) is 3.20. The Morgan fingerprint density at radius 3 is 2.61 bits per heavy atom. The van der Waals surface area contributed by atoms with Crippen LogP contribution in [0.1, 0.15) is 35.7 Å². The molecule has 0 aliphatic heterocycles. The van der Waals surface area contributed by atoms with Crippen LogP contribution >= 0.6 is 0 Å². The summed E-state index contributed by atoms with van der Waals surface area (Å²) in [6.07, 6.45) is 3.25. The number of nitrogens with zero attached hydrogens (tertiary/aromatic N) is 4. The predicted molar refractivity (Wildman–Crippen MR) is 119 cm³/mol. The van der Waals surface area contributed by atoms with Crippen LogP contribution in [0.15, 0.2) is 47.6 Å². The van der Waals surface area contributed by atoms with Crippen molar-refractivity contribution in [2.24, 2.45) is 5.10 Å². The molecule has 1 amide bonds.